The quantitative estimate of drug-likeness (QED) is 0.871. The zero-order chi connectivity index (χ0) is 15.4. The molecular weight excluding hydrogens is 330 g/mol. The number of rotatable bonds is 5. The van der Waals surface area contributed by atoms with Gasteiger partial charge in [0, 0.05) is 16.1 Å². The summed E-state index contributed by atoms with van der Waals surface area (Å²) in [5.41, 5.74) is 9.14. The zero-order valence-electron chi connectivity index (χ0n) is 12.5. The van der Waals surface area contributed by atoms with Crippen LogP contribution in [0.3, 0.4) is 0 Å². The van der Waals surface area contributed by atoms with E-state index < -0.39 is 0 Å². The van der Waals surface area contributed by atoms with Crippen molar-refractivity contribution in [3.63, 3.8) is 0 Å². The van der Waals surface area contributed by atoms with Crippen LogP contribution in [0.15, 0.2) is 40.9 Å². The summed E-state index contributed by atoms with van der Waals surface area (Å²) in [5, 5.41) is 0. The lowest BCUT2D eigenvalue weighted by Gasteiger charge is -2.13. The highest BCUT2D eigenvalue weighted by Gasteiger charge is 2.07. The summed E-state index contributed by atoms with van der Waals surface area (Å²) in [5.74, 6) is 1.69. The van der Waals surface area contributed by atoms with E-state index in [4.69, 9.17) is 15.2 Å². The lowest BCUT2D eigenvalue weighted by Crippen LogP contribution is -2.05. The van der Waals surface area contributed by atoms with Crippen molar-refractivity contribution in [1.82, 2.24) is 0 Å². The smallest absolute Gasteiger partial charge is 0.122 e. The molecular formula is C17H20BrNO2. The van der Waals surface area contributed by atoms with E-state index in [-0.39, 0.29) is 6.04 Å². The maximum absolute atomic E-state index is 5.91. The van der Waals surface area contributed by atoms with Crippen LogP contribution in [-0.2, 0) is 6.61 Å². The van der Waals surface area contributed by atoms with Gasteiger partial charge in [0.2, 0.25) is 0 Å². The Balaban J connectivity index is 2.13. The molecule has 21 heavy (non-hydrogen) atoms. The van der Waals surface area contributed by atoms with Gasteiger partial charge >= 0.3 is 0 Å². The van der Waals surface area contributed by atoms with Gasteiger partial charge in [0.25, 0.3) is 0 Å². The second-order valence-corrected chi connectivity index (χ2v) is 5.91. The van der Waals surface area contributed by atoms with Crippen LogP contribution in [0.1, 0.15) is 29.7 Å². The molecule has 2 aromatic rings. The van der Waals surface area contributed by atoms with Crippen LogP contribution < -0.4 is 15.2 Å². The van der Waals surface area contributed by atoms with Gasteiger partial charge in [-0.3, -0.25) is 0 Å². The number of nitrogens with two attached hydrogens (primary N) is 1. The highest BCUT2D eigenvalue weighted by Crippen LogP contribution is 2.26. The van der Waals surface area contributed by atoms with Gasteiger partial charge in [-0.15, -0.1) is 0 Å². The predicted octanol–water partition coefficient (Wildman–Crippen LogP) is 4.36. The monoisotopic (exact) mass is 349 g/mol. The van der Waals surface area contributed by atoms with E-state index in [0.29, 0.717) is 6.61 Å². The van der Waals surface area contributed by atoms with Crippen LogP contribution in [0.2, 0.25) is 0 Å². The van der Waals surface area contributed by atoms with Gasteiger partial charge in [0.15, 0.2) is 0 Å². The van der Waals surface area contributed by atoms with Gasteiger partial charge in [-0.25, -0.2) is 0 Å². The van der Waals surface area contributed by atoms with Crippen molar-refractivity contribution >= 4 is 15.9 Å². The van der Waals surface area contributed by atoms with Gasteiger partial charge in [-0.1, -0.05) is 28.1 Å². The normalized spacial score (nSPS) is 12.0. The average molecular weight is 350 g/mol. The second kappa shape index (κ2) is 6.96. The second-order valence-electron chi connectivity index (χ2n) is 5.06. The van der Waals surface area contributed by atoms with Crippen LogP contribution in [0.4, 0.5) is 0 Å². The maximum Gasteiger partial charge on any atom is 0.122 e. The highest BCUT2D eigenvalue weighted by molar-refractivity contribution is 9.10. The van der Waals surface area contributed by atoms with Crippen molar-refractivity contribution in [2.45, 2.75) is 26.5 Å². The highest BCUT2D eigenvalue weighted by atomic mass is 79.9. The molecule has 0 aliphatic carbocycles. The number of halogens is 1. The minimum atomic E-state index is 0.0327. The predicted molar refractivity (Wildman–Crippen MR) is 88.8 cm³/mol. The first-order chi connectivity index (χ1) is 10.0. The van der Waals surface area contributed by atoms with E-state index in [1.165, 1.54) is 0 Å². The van der Waals surface area contributed by atoms with E-state index in [0.717, 1.165) is 32.7 Å². The Morgan fingerprint density at radius 1 is 1.19 bits per heavy atom. The molecule has 1 atom stereocenters. The molecule has 2 N–H and O–H groups in total. The molecule has 0 aliphatic heterocycles. The summed E-state index contributed by atoms with van der Waals surface area (Å²) in [6.45, 7) is 4.49. The van der Waals surface area contributed by atoms with Gasteiger partial charge in [0.05, 0.1) is 7.11 Å². The van der Waals surface area contributed by atoms with Crippen LogP contribution in [0.5, 0.6) is 11.5 Å². The number of ether oxygens (including phenoxy) is 2. The Morgan fingerprint density at radius 2 is 1.95 bits per heavy atom. The standard InChI is InChI=1S/C17H20BrNO2/c1-11-8-13(12(2)19)4-7-17(11)21-10-14-9-15(20-3)5-6-16(14)18/h4-9,12H,10,19H2,1-3H3/t12-/m0/s1. The molecule has 0 bridgehead atoms. The van der Waals surface area contributed by atoms with Gasteiger partial charge < -0.3 is 15.2 Å². The van der Waals surface area contributed by atoms with Gasteiger partial charge in [-0.05, 0) is 49.2 Å². The third-order valence-corrected chi connectivity index (χ3v) is 4.13. The van der Waals surface area contributed by atoms with Crippen molar-refractivity contribution < 1.29 is 9.47 Å². The summed E-state index contributed by atoms with van der Waals surface area (Å²) >= 11 is 3.53. The summed E-state index contributed by atoms with van der Waals surface area (Å²) in [6.07, 6.45) is 0. The molecule has 112 valence electrons. The summed E-state index contributed by atoms with van der Waals surface area (Å²) in [7, 11) is 1.66. The minimum Gasteiger partial charge on any atom is -0.497 e. The fourth-order valence-corrected chi connectivity index (χ4v) is 2.42. The Morgan fingerprint density at radius 3 is 2.57 bits per heavy atom. The van der Waals surface area contributed by atoms with Crippen LogP contribution in [0, 0.1) is 6.92 Å². The zero-order valence-corrected chi connectivity index (χ0v) is 14.1. The first kappa shape index (κ1) is 15.9. The molecule has 0 radical (unpaired) electrons. The molecule has 0 aliphatic rings. The molecule has 2 aromatic carbocycles. The van der Waals surface area contributed by atoms with Gasteiger partial charge in [-0.2, -0.15) is 0 Å². The maximum atomic E-state index is 5.91. The SMILES string of the molecule is COc1ccc(Br)c(COc2ccc([C@H](C)N)cc2C)c1. The van der Waals surface area contributed by atoms with E-state index in [1.807, 2.05) is 44.2 Å². The summed E-state index contributed by atoms with van der Waals surface area (Å²) < 4.78 is 12.2. The molecule has 0 heterocycles. The third kappa shape index (κ3) is 3.99. The largest absolute Gasteiger partial charge is 0.497 e. The molecule has 0 unspecified atom stereocenters. The number of methoxy groups -OCH3 is 1. The first-order valence-corrected chi connectivity index (χ1v) is 7.62. The van der Waals surface area contributed by atoms with Crippen LogP contribution in [0.25, 0.3) is 0 Å². The van der Waals surface area contributed by atoms with Crippen molar-refractivity contribution in [1.29, 1.82) is 0 Å². The fourth-order valence-electron chi connectivity index (χ4n) is 2.06. The molecule has 0 saturated carbocycles. The third-order valence-electron chi connectivity index (χ3n) is 3.36. The summed E-state index contributed by atoms with van der Waals surface area (Å²) in [4.78, 5) is 0. The summed E-state index contributed by atoms with van der Waals surface area (Å²) in [6, 6.07) is 11.9. The molecule has 0 saturated heterocycles. The molecule has 0 amide bonds. The minimum absolute atomic E-state index is 0.0327. The van der Waals surface area contributed by atoms with Crippen molar-refractivity contribution in [3.05, 3.63) is 57.6 Å². The lowest BCUT2D eigenvalue weighted by molar-refractivity contribution is 0.302. The van der Waals surface area contributed by atoms with E-state index in [9.17, 15) is 0 Å². The molecule has 0 fully saturated rings. The van der Waals surface area contributed by atoms with Crippen molar-refractivity contribution in [3.8, 4) is 11.5 Å². The molecule has 0 spiro atoms. The van der Waals surface area contributed by atoms with E-state index in [2.05, 4.69) is 22.0 Å². The molecule has 3 nitrogen and oxygen atoms in total. The lowest BCUT2D eigenvalue weighted by atomic mass is 10.1. The average Bonchev–Trinajstić information content (AvgIpc) is 2.47. The van der Waals surface area contributed by atoms with E-state index >= 15 is 0 Å². The Labute approximate surface area is 134 Å². The van der Waals surface area contributed by atoms with Crippen LogP contribution in [-0.4, -0.2) is 7.11 Å². The number of hydrogen-bond acceptors (Lipinski definition) is 3. The topological polar surface area (TPSA) is 44.5 Å². The van der Waals surface area contributed by atoms with E-state index in [1.54, 1.807) is 7.11 Å². The number of aryl methyl sites for hydroxylation is 1. The van der Waals surface area contributed by atoms with Crippen molar-refractivity contribution in [2.75, 3.05) is 7.11 Å². The number of benzene rings is 2. The Hall–Kier alpha value is -1.52. The Bertz CT molecular complexity index is 626. The molecule has 0 aromatic heterocycles. The number of hydrogen-bond donors (Lipinski definition) is 1. The molecule has 2 rings (SSSR count). The van der Waals surface area contributed by atoms with Crippen molar-refractivity contribution in [2.24, 2.45) is 5.73 Å². The first-order valence-electron chi connectivity index (χ1n) is 6.82. The molecule has 4 heteroatoms. The fraction of sp³-hybridized carbons (Fsp3) is 0.294. The van der Waals surface area contributed by atoms with Gasteiger partial charge in [0.1, 0.15) is 18.1 Å². The Kier molecular flexibility index (Phi) is 5.26. The van der Waals surface area contributed by atoms with Crippen LogP contribution >= 0.6 is 15.9 Å².